The molecule has 0 spiro atoms. The van der Waals surface area contributed by atoms with Crippen LogP contribution in [0, 0.1) is 0 Å². The molecule has 0 amide bonds. The number of pyridine rings is 1. The predicted octanol–water partition coefficient (Wildman–Crippen LogP) is 2.77. The highest BCUT2D eigenvalue weighted by Gasteiger charge is 2.18. The highest BCUT2D eigenvalue weighted by Crippen LogP contribution is 2.27. The van der Waals surface area contributed by atoms with Gasteiger partial charge in [-0.2, -0.15) is 0 Å². The Kier molecular flexibility index (Phi) is 3.84. The summed E-state index contributed by atoms with van der Waals surface area (Å²) in [6, 6.07) is 5.81. The van der Waals surface area contributed by atoms with E-state index in [0.717, 1.165) is 0 Å². The van der Waals surface area contributed by atoms with Crippen molar-refractivity contribution < 1.29 is 8.42 Å². The summed E-state index contributed by atoms with van der Waals surface area (Å²) in [5.41, 5.74) is 6.01. The summed E-state index contributed by atoms with van der Waals surface area (Å²) in [7, 11) is -3.81. The first-order chi connectivity index (χ1) is 8.90. The Balaban J connectivity index is 2.37. The van der Waals surface area contributed by atoms with Gasteiger partial charge >= 0.3 is 0 Å². The molecular formula is C11H9Cl2N3O2S. The molecule has 1 heterocycles. The summed E-state index contributed by atoms with van der Waals surface area (Å²) >= 11 is 11.6. The van der Waals surface area contributed by atoms with Crippen LogP contribution in [-0.2, 0) is 10.0 Å². The molecule has 0 radical (unpaired) electrons. The molecule has 0 aliphatic carbocycles. The number of rotatable bonds is 3. The molecule has 0 atom stereocenters. The number of halogens is 2. The maximum Gasteiger partial charge on any atom is 0.265 e. The van der Waals surface area contributed by atoms with Gasteiger partial charge in [-0.05, 0) is 24.3 Å². The normalized spacial score (nSPS) is 11.3. The Morgan fingerprint density at radius 2 is 1.89 bits per heavy atom. The third kappa shape index (κ3) is 3.09. The molecule has 0 aliphatic heterocycles. The highest BCUT2D eigenvalue weighted by atomic mass is 35.5. The van der Waals surface area contributed by atoms with Gasteiger partial charge in [0, 0.05) is 12.4 Å². The quantitative estimate of drug-likeness (QED) is 0.911. The summed E-state index contributed by atoms with van der Waals surface area (Å²) in [5.74, 6) is 0. The van der Waals surface area contributed by atoms with E-state index in [1.54, 1.807) is 0 Å². The predicted molar refractivity (Wildman–Crippen MR) is 75.9 cm³/mol. The molecular weight excluding hydrogens is 309 g/mol. The molecule has 8 heteroatoms. The van der Waals surface area contributed by atoms with E-state index in [0.29, 0.717) is 5.02 Å². The van der Waals surface area contributed by atoms with E-state index in [4.69, 9.17) is 28.9 Å². The fourth-order valence-electron chi connectivity index (χ4n) is 1.39. The molecule has 1 aromatic heterocycles. The number of nitrogens with zero attached hydrogens (tertiary/aromatic N) is 1. The minimum atomic E-state index is -3.81. The SMILES string of the molecule is Nc1ccncc1S(=O)(=O)Nc1ccc(Cl)c(Cl)c1. The molecule has 0 bridgehead atoms. The van der Waals surface area contributed by atoms with Crippen molar-refractivity contribution in [2.45, 2.75) is 4.90 Å². The largest absolute Gasteiger partial charge is 0.398 e. The van der Waals surface area contributed by atoms with Crippen molar-refractivity contribution in [3.8, 4) is 0 Å². The average molecular weight is 318 g/mol. The van der Waals surface area contributed by atoms with E-state index in [-0.39, 0.29) is 21.3 Å². The zero-order valence-corrected chi connectivity index (χ0v) is 11.8. The zero-order valence-electron chi connectivity index (χ0n) is 9.47. The maximum absolute atomic E-state index is 12.1. The Morgan fingerprint density at radius 3 is 2.53 bits per heavy atom. The van der Waals surface area contributed by atoms with E-state index in [9.17, 15) is 8.42 Å². The number of hydrogen-bond donors (Lipinski definition) is 2. The summed E-state index contributed by atoms with van der Waals surface area (Å²) < 4.78 is 26.6. The van der Waals surface area contributed by atoms with Crippen LogP contribution in [0.15, 0.2) is 41.6 Å². The van der Waals surface area contributed by atoms with Crippen molar-refractivity contribution in [1.82, 2.24) is 4.98 Å². The molecule has 0 unspecified atom stereocenters. The van der Waals surface area contributed by atoms with Gasteiger partial charge in [-0.1, -0.05) is 23.2 Å². The number of anilines is 2. The fourth-order valence-corrected chi connectivity index (χ4v) is 2.81. The van der Waals surface area contributed by atoms with Gasteiger partial charge in [0.15, 0.2) is 0 Å². The third-order valence-corrected chi connectivity index (χ3v) is 4.44. The third-order valence-electron chi connectivity index (χ3n) is 2.28. The fraction of sp³-hybridized carbons (Fsp3) is 0. The second-order valence-corrected chi connectivity index (χ2v) is 6.11. The van der Waals surface area contributed by atoms with Gasteiger partial charge in [-0.3, -0.25) is 9.71 Å². The monoisotopic (exact) mass is 317 g/mol. The Hall–Kier alpha value is -1.50. The number of nitrogens with two attached hydrogens (primary N) is 1. The van der Waals surface area contributed by atoms with E-state index in [2.05, 4.69) is 9.71 Å². The molecule has 2 aromatic rings. The molecule has 3 N–H and O–H groups in total. The lowest BCUT2D eigenvalue weighted by molar-refractivity contribution is 0.601. The smallest absolute Gasteiger partial charge is 0.265 e. The van der Waals surface area contributed by atoms with Crippen LogP contribution in [0.5, 0.6) is 0 Å². The molecule has 5 nitrogen and oxygen atoms in total. The minimum absolute atomic E-state index is 0.0962. The summed E-state index contributed by atoms with van der Waals surface area (Å²) in [5, 5.41) is 0.589. The second-order valence-electron chi connectivity index (χ2n) is 3.65. The topological polar surface area (TPSA) is 85.1 Å². The van der Waals surface area contributed by atoms with Gasteiger partial charge in [-0.15, -0.1) is 0 Å². The van der Waals surface area contributed by atoms with E-state index in [1.807, 2.05) is 0 Å². The van der Waals surface area contributed by atoms with Crippen LogP contribution in [0.3, 0.4) is 0 Å². The first kappa shape index (κ1) is 13.9. The zero-order chi connectivity index (χ0) is 14.0. The van der Waals surface area contributed by atoms with Crippen molar-refractivity contribution in [3.05, 3.63) is 46.7 Å². The molecule has 2 rings (SSSR count). The molecule has 0 saturated carbocycles. The van der Waals surface area contributed by atoms with Gasteiger partial charge in [0.05, 0.1) is 21.4 Å². The lowest BCUT2D eigenvalue weighted by Crippen LogP contribution is -2.15. The first-order valence-electron chi connectivity index (χ1n) is 5.07. The van der Waals surface area contributed by atoms with Crippen LogP contribution in [-0.4, -0.2) is 13.4 Å². The van der Waals surface area contributed by atoms with Gasteiger partial charge in [0.2, 0.25) is 0 Å². The minimum Gasteiger partial charge on any atom is -0.398 e. The van der Waals surface area contributed by atoms with Gasteiger partial charge in [-0.25, -0.2) is 8.42 Å². The van der Waals surface area contributed by atoms with Crippen molar-refractivity contribution in [2.24, 2.45) is 0 Å². The van der Waals surface area contributed by atoms with Gasteiger partial charge < -0.3 is 5.73 Å². The molecule has 0 fully saturated rings. The number of nitrogen functional groups attached to an aromatic ring is 1. The van der Waals surface area contributed by atoms with Crippen molar-refractivity contribution in [1.29, 1.82) is 0 Å². The maximum atomic E-state index is 12.1. The van der Waals surface area contributed by atoms with Crippen molar-refractivity contribution >= 4 is 44.6 Å². The molecule has 0 aliphatic rings. The molecule has 1 aromatic carbocycles. The van der Waals surface area contributed by atoms with Crippen molar-refractivity contribution in [3.63, 3.8) is 0 Å². The average Bonchev–Trinajstić information content (AvgIpc) is 2.34. The second kappa shape index (κ2) is 5.24. The van der Waals surface area contributed by atoms with Crippen LogP contribution < -0.4 is 10.5 Å². The number of nitrogens with one attached hydrogen (secondary N) is 1. The lowest BCUT2D eigenvalue weighted by atomic mass is 10.3. The Bertz CT molecular complexity index is 720. The summed E-state index contributed by atoms with van der Waals surface area (Å²) in [6.45, 7) is 0. The number of sulfonamides is 1. The van der Waals surface area contributed by atoms with Crippen LogP contribution in [0.4, 0.5) is 11.4 Å². The van der Waals surface area contributed by atoms with E-state index < -0.39 is 10.0 Å². The van der Waals surface area contributed by atoms with E-state index in [1.165, 1.54) is 36.7 Å². The molecule has 0 saturated heterocycles. The summed E-state index contributed by atoms with van der Waals surface area (Å²) in [4.78, 5) is 3.64. The van der Waals surface area contributed by atoms with Crippen molar-refractivity contribution in [2.75, 3.05) is 10.5 Å². The standard InChI is InChI=1S/C11H9Cl2N3O2S/c12-8-2-1-7(5-9(8)13)16-19(17,18)11-6-15-4-3-10(11)14/h1-6,16H,(H2,14,15). The summed E-state index contributed by atoms with van der Waals surface area (Å²) in [6.07, 6.45) is 2.59. The van der Waals surface area contributed by atoms with Crippen LogP contribution in [0.1, 0.15) is 0 Å². The van der Waals surface area contributed by atoms with E-state index >= 15 is 0 Å². The molecule has 100 valence electrons. The van der Waals surface area contributed by atoms with Gasteiger partial charge in [0.1, 0.15) is 4.90 Å². The Morgan fingerprint density at radius 1 is 1.16 bits per heavy atom. The van der Waals surface area contributed by atoms with Gasteiger partial charge in [0.25, 0.3) is 10.0 Å². The Labute approximate surface area is 120 Å². The first-order valence-corrected chi connectivity index (χ1v) is 7.31. The van der Waals surface area contributed by atoms with Crippen LogP contribution in [0.2, 0.25) is 10.0 Å². The number of aromatic nitrogens is 1. The lowest BCUT2D eigenvalue weighted by Gasteiger charge is -2.10. The molecule has 19 heavy (non-hydrogen) atoms. The number of hydrogen-bond acceptors (Lipinski definition) is 4. The number of benzene rings is 1. The highest BCUT2D eigenvalue weighted by molar-refractivity contribution is 7.92. The van der Waals surface area contributed by atoms with Crippen LogP contribution >= 0.6 is 23.2 Å². The van der Waals surface area contributed by atoms with Crippen LogP contribution in [0.25, 0.3) is 0 Å².